The van der Waals surface area contributed by atoms with E-state index in [1.807, 2.05) is 0 Å². The fourth-order valence-electron chi connectivity index (χ4n) is 3.26. The standard InChI is InChI=1S/C22H23F3N2O4/c1-2-30-21(29)27-11-9-17(10-12-27)26-20(28)15-5-3-7-18(13-15)31-19-8-4-6-16(14-19)22(23,24)25/h3-8,13-14,17H,2,9-12H2,1H3,(H,26,28). The lowest BCUT2D eigenvalue weighted by atomic mass is 10.0. The average molecular weight is 436 g/mol. The van der Waals surface area contributed by atoms with Crippen LogP contribution in [0.25, 0.3) is 0 Å². The van der Waals surface area contributed by atoms with Crippen LogP contribution in [0, 0.1) is 0 Å². The molecule has 31 heavy (non-hydrogen) atoms. The van der Waals surface area contributed by atoms with Crippen molar-refractivity contribution in [1.82, 2.24) is 10.2 Å². The van der Waals surface area contributed by atoms with E-state index < -0.39 is 11.7 Å². The predicted octanol–water partition coefficient (Wildman–Crippen LogP) is 4.85. The number of nitrogens with one attached hydrogen (secondary N) is 1. The number of ether oxygens (including phenoxy) is 2. The van der Waals surface area contributed by atoms with Crippen molar-refractivity contribution in [3.05, 3.63) is 59.7 Å². The molecule has 1 heterocycles. The van der Waals surface area contributed by atoms with E-state index in [2.05, 4.69) is 5.32 Å². The second-order valence-electron chi connectivity index (χ2n) is 7.09. The quantitative estimate of drug-likeness (QED) is 0.728. The van der Waals surface area contributed by atoms with Gasteiger partial charge in [0.15, 0.2) is 0 Å². The van der Waals surface area contributed by atoms with E-state index in [9.17, 15) is 22.8 Å². The van der Waals surface area contributed by atoms with Crippen LogP contribution in [-0.4, -0.2) is 42.6 Å². The molecule has 0 unspecified atom stereocenters. The molecule has 1 N–H and O–H groups in total. The van der Waals surface area contributed by atoms with E-state index >= 15 is 0 Å². The first-order chi connectivity index (χ1) is 14.8. The number of alkyl halides is 3. The number of nitrogens with zero attached hydrogens (tertiary/aromatic N) is 1. The molecule has 0 spiro atoms. The topological polar surface area (TPSA) is 67.9 Å². The minimum atomic E-state index is -4.47. The molecule has 0 aliphatic carbocycles. The average Bonchev–Trinajstić information content (AvgIpc) is 2.74. The summed E-state index contributed by atoms with van der Waals surface area (Å²) in [6.45, 7) is 3.04. The molecular formula is C22H23F3N2O4. The van der Waals surface area contributed by atoms with E-state index in [-0.39, 0.29) is 29.5 Å². The highest BCUT2D eigenvalue weighted by molar-refractivity contribution is 5.94. The van der Waals surface area contributed by atoms with Crippen molar-refractivity contribution in [3.8, 4) is 11.5 Å². The van der Waals surface area contributed by atoms with Crippen molar-refractivity contribution in [2.75, 3.05) is 19.7 Å². The number of benzene rings is 2. The Morgan fingerprint density at radius 3 is 2.35 bits per heavy atom. The van der Waals surface area contributed by atoms with Gasteiger partial charge < -0.3 is 19.7 Å². The van der Waals surface area contributed by atoms with Gasteiger partial charge in [-0.3, -0.25) is 4.79 Å². The van der Waals surface area contributed by atoms with Crippen LogP contribution in [0.4, 0.5) is 18.0 Å². The highest BCUT2D eigenvalue weighted by Crippen LogP contribution is 2.32. The summed E-state index contributed by atoms with van der Waals surface area (Å²) < 4.78 is 49.1. The van der Waals surface area contributed by atoms with Crippen LogP contribution in [0.2, 0.25) is 0 Å². The van der Waals surface area contributed by atoms with Crippen molar-refractivity contribution >= 4 is 12.0 Å². The van der Waals surface area contributed by atoms with Gasteiger partial charge in [-0.2, -0.15) is 13.2 Å². The second-order valence-corrected chi connectivity index (χ2v) is 7.09. The molecule has 0 aromatic heterocycles. The number of carbonyl (C=O) groups excluding carboxylic acids is 2. The number of likely N-dealkylation sites (tertiary alicyclic amines) is 1. The summed E-state index contributed by atoms with van der Waals surface area (Å²) in [6.07, 6.45) is -3.62. The van der Waals surface area contributed by atoms with Gasteiger partial charge in [0, 0.05) is 24.7 Å². The summed E-state index contributed by atoms with van der Waals surface area (Å²) in [5.41, 5.74) is -0.481. The van der Waals surface area contributed by atoms with Crippen molar-refractivity contribution in [2.24, 2.45) is 0 Å². The van der Waals surface area contributed by atoms with Crippen LogP contribution >= 0.6 is 0 Å². The molecule has 2 aromatic carbocycles. The Hall–Kier alpha value is -3.23. The lowest BCUT2D eigenvalue weighted by Gasteiger charge is -2.31. The van der Waals surface area contributed by atoms with Gasteiger partial charge >= 0.3 is 12.3 Å². The Bertz CT molecular complexity index is 925. The number of hydrogen-bond donors (Lipinski definition) is 1. The molecule has 2 amide bonds. The lowest BCUT2D eigenvalue weighted by Crippen LogP contribution is -2.46. The Kier molecular flexibility index (Phi) is 7.04. The van der Waals surface area contributed by atoms with Gasteiger partial charge in [0.2, 0.25) is 0 Å². The summed E-state index contributed by atoms with van der Waals surface area (Å²) in [5, 5.41) is 2.92. The van der Waals surface area contributed by atoms with Crippen molar-refractivity contribution in [2.45, 2.75) is 32.0 Å². The maximum Gasteiger partial charge on any atom is 0.416 e. The van der Waals surface area contributed by atoms with Crippen LogP contribution in [-0.2, 0) is 10.9 Å². The van der Waals surface area contributed by atoms with Crippen LogP contribution in [0.15, 0.2) is 48.5 Å². The van der Waals surface area contributed by atoms with Gasteiger partial charge in [0.1, 0.15) is 11.5 Å². The van der Waals surface area contributed by atoms with E-state index in [0.717, 1.165) is 12.1 Å². The minimum absolute atomic E-state index is 0.0266. The van der Waals surface area contributed by atoms with Crippen molar-refractivity contribution in [3.63, 3.8) is 0 Å². The van der Waals surface area contributed by atoms with Gasteiger partial charge in [-0.25, -0.2) is 4.79 Å². The molecule has 3 rings (SSSR count). The molecule has 0 radical (unpaired) electrons. The molecular weight excluding hydrogens is 413 g/mol. The molecule has 9 heteroatoms. The summed E-state index contributed by atoms with van der Waals surface area (Å²) in [7, 11) is 0. The van der Waals surface area contributed by atoms with Gasteiger partial charge in [0.25, 0.3) is 5.91 Å². The molecule has 1 saturated heterocycles. The smallest absolute Gasteiger partial charge is 0.416 e. The Morgan fingerprint density at radius 2 is 1.71 bits per heavy atom. The summed E-state index contributed by atoms with van der Waals surface area (Å²) in [6, 6.07) is 10.7. The first-order valence-electron chi connectivity index (χ1n) is 9.94. The molecule has 0 saturated carbocycles. The van der Waals surface area contributed by atoms with E-state index in [0.29, 0.717) is 38.1 Å². The van der Waals surface area contributed by atoms with Gasteiger partial charge in [-0.1, -0.05) is 12.1 Å². The molecule has 1 aliphatic rings. The fourth-order valence-corrected chi connectivity index (χ4v) is 3.26. The number of piperidine rings is 1. The van der Waals surface area contributed by atoms with Crippen LogP contribution < -0.4 is 10.1 Å². The molecule has 0 atom stereocenters. The molecule has 6 nitrogen and oxygen atoms in total. The fraction of sp³-hybridized carbons (Fsp3) is 0.364. The highest BCUT2D eigenvalue weighted by atomic mass is 19.4. The third kappa shape index (κ3) is 6.13. The zero-order valence-corrected chi connectivity index (χ0v) is 16.9. The third-order valence-electron chi connectivity index (χ3n) is 4.85. The van der Waals surface area contributed by atoms with Gasteiger partial charge in [-0.05, 0) is 56.2 Å². The molecule has 2 aromatic rings. The van der Waals surface area contributed by atoms with Gasteiger partial charge in [-0.15, -0.1) is 0 Å². The van der Waals surface area contributed by atoms with Crippen LogP contribution in [0.5, 0.6) is 11.5 Å². The largest absolute Gasteiger partial charge is 0.457 e. The zero-order chi connectivity index (χ0) is 22.4. The maximum atomic E-state index is 12.9. The maximum absolute atomic E-state index is 12.9. The minimum Gasteiger partial charge on any atom is -0.457 e. The summed E-state index contributed by atoms with van der Waals surface area (Å²) in [5.74, 6) is -0.0353. The van der Waals surface area contributed by atoms with Gasteiger partial charge in [0.05, 0.1) is 12.2 Å². The second kappa shape index (κ2) is 9.72. The SMILES string of the molecule is CCOC(=O)N1CCC(NC(=O)c2cccc(Oc3cccc(C(F)(F)F)c3)c2)CC1. The number of halogens is 3. The number of rotatable bonds is 5. The predicted molar refractivity (Wildman–Crippen MR) is 107 cm³/mol. The Morgan fingerprint density at radius 1 is 1.06 bits per heavy atom. The van der Waals surface area contributed by atoms with Crippen LogP contribution in [0.3, 0.4) is 0 Å². The Balaban J connectivity index is 1.59. The zero-order valence-electron chi connectivity index (χ0n) is 16.9. The summed E-state index contributed by atoms with van der Waals surface area (Å²) >= 11 is 0. The van der Waals surface area contributed by atoms with E-state index in [1.54, 1.807) is 30.0 Å². The first kappa shape index (κ1) is 22.5. The molecule has 166 valence electrons. The third-order valence-corrected chi connectivity index (χ3v) is 4.85. The molecule has 1 aliphatic heterocycles. The van der Waals surface area contributed by atoms with Crippen molar-refractivity contribution < 1.29 is 32.2 Å². The summed E-state index contributed by atoms with van der Waals surface area (Å²) in [4.78, 5) is 26.0. The van der Waals surface area contributed by atoms with Crippen LogP contribution in [0.1, 0.15) is 35.7 Å². The molecule has 0 bridgehead atoms. The lowest BCUT2D eigenvalue weighted by molar-refractivity contribution is -0.137. The van der Waals surface area contributed by atoms with Crippen molar-refractivity contribution in [1.29, 1.82) is 0 Å². The van der Waals surface area contributed by atoms with E-state index in [1.165, 1.54) is 18.2 Å². The number of amides is 2. The normalized spacial score (nSPS) is 14.8. The first-order valence-corrected chi connectivity index (χ1v) is 9.94. The number of carbonyl (C=O) groups is 2. The Labute approximate surface area is 177 Å². The highest BCUT2D eigenvalue weighted by Gasteiger charge is 2.30. The monoisotopic (exact) mass is 436 g/mol. The number of hydrogen-bond acceptors (Lipinski definition) is 4. The van der Waals surface area contributed by atoms with E-state index in [4.69, 9.17) is 9.47 Å². The molecule has 1 fully saturated rings.